The van der Waals surface area contributed by atoms with Crippen molar-refractivity contribution in [2.45, 2.75) is 0 Å². The van der Waals surface area contributed by atoms with Gasteiger partial charge in [0.15, 0.2) is 5.75 Å². The van der Waals surface area contributed by atoms with Crippen molar-refractivity contribution in [3.63, 3.8) is 0 Å². The van der Waals surface area contributed by atoms with Crippen LogP contribution in [0, 0.1) is 0 Å². The predicted octanol–water partition coefficient (Wildman–Crippen LogP) is 3.94. The van der Waals surface area contributed by atoms with Crippen molar-refractivity contribution in [2.75, 3.05) is 7.11 Å². The molecule has 1 N–H and O–H groups in total. The smallest absolute Gasteiger partial charge is 0.246 e. The maximum absolute atomic E-state index is 6.21. The number of hydrogen-bond donors (Lipinski definition) is 1. The number of ether oxygens (including phenoxy) is 1. The van der Waals surface area contributed by atoms with Crippen LogP contribution in [-0.4, -0.2) is 7.11 Å². The second kappa shape index (κ2) is 7.75. The molecule has 0 amide bonds. The second-order valence-electron chi connectivity index (χ2n) is 6.13. The summed E-state index contributed by atoms with van der Waals surface area (Å²) in [6, 6.07) is 32.1. The average Bonchev–Trinajstić information content (AvgIpc) is 2.75. The van der Waals surface area contributed by atoms with E-state index in [1.807, 2.05) is 97.1 Å². The molecule has 3 aromatic carbocycles. The van der Waals surface area contributed by atoms with Crippen LogP contribution < -0.4 is 15.1 Å². The molecule has 0 spiro atoms. The van der Waals surface area contributed by atoms with E-state index in [-0.39, 0.29) is 0 Å². The average molecular weight is 354 g/mol. The van der Waals surface area contributed by atoms with E-state index in [0.717, 1.165) is 39.4 Å². The monoisotopic (exact) mass is 354 g/mol. The highest BCUT2D eigenvalue weighted by molar-refractivity contribution is 5.62. The zero-order valence-corrected chi connectivity index (χ0v) is 15.1. The minimum atomic E-state index is 0.792. The quantitative estimate of drug-likeness (QED) is 0.603. The first-order valence-corrected chi connectivity index (χ1v) is 8.82. The van der Waals surface area contributed by atoms with Crippen LogP contribution in [-0.2, 0) is 0 Å². The fourth-order valence-electron chi connectivity index (χ4n) is 2.97. The Hall–Kier alpha value is -3.59. The third kappa shape index (κ3) is 3.82. The molecule has 3 heteroatoms. The molecular weight excluding hydrogens is 334 g/mol. The Morgan fingerprint density at radius 3 is 1.74 bits per heavy atom. The highest BCUT2D eigenvalue weighted by atomic mass is 16.5. The molecule has 132 valence electrons. The summed E-state index contributed by atoms with van der Waals surface area (Å²) in [5, 5.41) is 0.934. The largest absolute Gasteiger partial charge is 0.490 e. The van der Waals surface area contributed by atoms with Gasteiger partial charge in [-0.2, -0.15) is 0 Å². The van der Waals surface area contributed by atoms with Crippen molar-refractivity contribution < 1.29 is 14.1 Å². The number of methoxy groups -OCH3 is 1. The molecule has 4 aromatic rings. The maximum Gasteiger partial charge on any atom is 0.246 e. The highest BCUT2D eigenvalue weighted by Gasteiger charge is 2.10. The Bertz CT molecular complexity index is 1040. The zero-order chi connectivity index (χ0) is 18.5. The maximum atomic E-state index is 6.21. The van der Waals surface area contributed by atoms with E-state index in [4.69, 9.17) is 9.15 Å². The van der Waals surface area contributed by atoms with Crippen molar-refractivity contribution in [1.29, 1.82) is 0 Å². The van der Waals surface area contributed by atoms with Gasteiger partial charge in [0.1, 0.15) is 11.5 Å². The minimum absolute atomic E-state index is 0.792. The summed E-state index contributed by atoms with van der Waals surface area (Å²) >= 11 is 0. The minimum Gasteiger partial charge on any atom is -0.490 e. The number of rotatable bonds is 4. The van der Waals surface area contributed by atoms with Crippen molar-refractivity contribution >= 4 is 5.69 Å². The lowest BCUT2D eigenvalue weighted by atomic mass is 10.1. The summed E-state index contributed by atoms with van der Waals surface area (Å²) in [4.78, 5) is 3.46. The van der Waals surface area contributed by atoms with Crippen LogP contribution in [0.5, 0.6) is 5.75 Å². The Labute approximate surface area is 158 Å². The molecule has 0 aliphatic rings. The first-order valence-electron chi connectivity index (χ1n) is 8.82. The Morgan fingerprint density at radius 1 is 0.667 bits per heavy atom. The second-order valence-corrected chi connectivity index (χ2v) is 6.13. The van der Waals surface area contributed by atoms with E-state index in [2.05, 4.69) is 4.99 Å². The van der Waals surface area contributed by atoms with Crippen LogP contribution in [0.1, 0.15) is 0 Å². The highest BCUT2D eigenvalue weighted by Crippen LogP contribution is 2.24. The summed E-state index contributed by atoms with van der Waals surface area (Å²) in [6.45, 7) is 0. The van der Waals surface area contributed by atoms with Gasteiger partial charge < -0.3 is 9.15 Å². The molecular formula is C24H20NO2+. The molecule has 0 saturated heterocycles. The number of para-hydroxylation sites is 2. The number of benzene rings is 3. The molecule has 0 unspecified atom stereocenters. The molecule has 0 bridgehead atoms. The van der Waals surface area contributed by atoms with E-state index in [9.17, 15) is 0 Å². The van der Waals surface area contributed by atoms with Crippen LogP contribution in [0.2, 0.25) is 0 Å². The summed E-state index contributed by atoms with van der Waals surface area (Å²) in [5.41, 5.74) is 2.96. The van der Waals surface area contributed by atoms with Gasteiger partial charge in [-0.1, -0.05) is 72.8 Å². The first-order chi connectivity index (χ1) is 13.3. The van der Waals surface area contributed by atoms with E-state index in [0.29, 0.717) is 0 Å². The summed E-state index contributed by atoms with van der Waals surface area (Å²) in [6.07, 6.45) is 0. The lowest BCUT2D eigenvalue weighted by molar-refractivity contribution is -0.403. The lowest BCUT2D eigenvalue weighted by Crippen LogP contribution is -2.70. The van der Waals surface area contributed by atoms with Gasteiger partial charge in [0.05, 0.1) is 19.2 Å². The first kappa shape index (κ1) is 16.9. The van der Waals surface area contributed by atoms with E-state index < -0.39 is 0 Å². The molecule has 0 fully saturated rings. The molecule has 0 atom stereocenters. The van der Waals surface area contributed by atoms with Crippen LogP contribution in [0.25, 0.3) is 22.6 Å². The fraction of sp³-hybridized carbons (Fsp3) is 0.0417. The van der Waals surface area contributed by atoms with Gasteiger partial charge >= 0.3 is 0 Å². The van der Waals surface area contributed by atoms with Crippen LogP contribution in [0.4, 0.5) is 5.69 Å². The molecule has 3 nitrogen and oxygen atoms in total. The third-order valence-electron chi connectivity index (χ3n) is 4.30. The van der Waals surface area contributed by atoms with Gasteiger partial charge in [0, 0.05) is 17.2 Å². The molecule has 27 heavy (non-hydrogen) atoms. The summed E-state index contributed by atoms with van der Waals surface area (Å²) in [7, 11) is 1.67. The fourth-order valence-corrected chi connectivity index (χ4v) is 2.97. The van der Waals surface area contributed by atoms with Gasteiger partial charge in [0.2, 0.25) is 11.0 Å². The Morgan fingerprint density at radius 2 is 1.19 bits per heavy atom. The molecule has 0 saturated carbocycles. The molecule has 0 aliphatic heterocycles. The van der Waals surface area contributed by atoms with Crippen LogP contribution in [0.3, 0.4) is 0 Å². The van der Waals surface area contributed by atoms with Crippen LogP contribution in [0.15, 0.2) is 101 Å². The number of hydrogen-bond acceptors (Lipinski definition) is 2. The van der Waals surface area contributed by atoms with Gasteiger partial charge in [-0.05, 0) is 6.07 Å². The molecule has 0 radical (unpaired) electrons. The van der Waals surface area contributed by atoms with Crippen molar-refractivity contribution in [2.24, 2.45) is 0 Å². The van der Waals surface area contributed by atoms with Crippen molar-refractivity contribution in [3.8, 4) is 28.4 Å². The zero-order valence-electron chi connectivity index (χ0n) is 15.1. The van der Waals surface area contributed by atoms with Gasteiger partial charge in [0.25, 0.3) is 0 Å². The SMILES string of the molecule is COc1ccccc1[NH+]=c1cc(-c2ccccc2)oc(-c2ccccc2)c1. The summed E-state index contributed by atoms with van der Waals surface area (Å²) < 4.78 is 11.7. The van der Waals surface area contributed by atoms with Crippen molar-refractivity contribution in [1.82, 2.24) is 0 Å². The van der Waals surface area contributed by atoms with E-state index >= 15 is 0 Å². The molecule has 1 aromatic heterocycles. The third-order valence-corrected chi connectivity index (χ3v) is 4.30. The van der Waals surface area contributed by atoms with E-state index in [1.165, 1.54) is 0 Å². The molecule has 0 aliphatic carbocycles. The molecule has 4 rings (SSSR count). The van der Waals surface area contributed by atoms with Gasteiger partial charge in [-0.15, -0.1) is 0 Å². The lowest BCUT2D eigenvalue weighted by Gasteiger charge is -2.05. The van der Waals surface area contributed by atoms with Gasteiger partial charge in [-0.25, -0.2) is 4.99 Å². The van der Waals surface area contributed by atoms with Crippen LogP contribution >= 0.6 is 0 Å². The van der Waals surface area contributed by atoms with Crippen molar-refractivity contribution in [3.05, 3.63) is 102 Å². The number of nitrogens with one attached hydrogen (secondary N) is 1. The van der Waals surface area contributed by atoms with E-state index in [1.54, 1.807) is 7.11 Å². The molecule has 1 heterocycles. The summed E-state index contributed by atoms with van der Waals surface area (Å²) in [5.74, 6) is 2.39. The predicted molar refractivity (Wildman–Crippen MR) is 106 cm³/mol. The Kier molecular flexibility index (Phi) is 4.84. The normalized spacial score (nSPS) is 10.4. The van der Waals surface area contributed by atoms with Gasteiger partial charge in [-0.3, -0.25) is 0 Å². The topological polar surface area (TPSA) is 36.3 Å². The standard InChI is InChI=1S/C24H19NO2/c1-26-22-15-9-8-14-21(22)25-20-16-23(18-10-4-2-5-11-18)27-24(17-20)19-12-6-3-7-13-19/h2-17H,1H3/p+1. The Balaban J connectivity index is 1.92.